The number of ether oxygens (including phenoxy) is 1. The number of hydrogen-bond acceptors (Lipinski definition) is 6. The molecule has 0 amide bonds. The van der Waals surface area contributed by atoms with Gasteiger partial charge >= 0.3 is 0 Å². The van der Waals surface area contributed by atoms with Gasteiger partial charge in [0.1, 0.15) is 11.6 Å². The Kier molecular flexibility index (Phi) is 5.68. The molecule has 1 atom stereocenters. The summed E-state index contributed by atoms with van der Waals surface area (Å²) in [5.74, 6) is 1.08. The van der Waals surface area contributed by atoms with Gasteiger partial charge < -0.3 is 10.5 Å². The van der Waals surface area contributed by atoms with E-state index >= 15 is 0 Å². The zero-order chi connectivity index (χ0) is 25.6. The topological polar surface area (TPSA) is 108 Å². The minimum Gasteiger partial charge on any atom is -0.497 e. The highest BCUT2D eigenvalue weighted by molar-refractivity contribution is 6.02. The summed E-state index contributed by atoms with van der Waals surface area (Å²) < 4.78 is 5.32. The molecule has 0 saturated carbocycles. The monoisotopic (exact) mass is 479 g/mol. The van der Waals surface area contributed by atoms with Crippen LogP contribution in [0, 0.1) is 23.7 Å². The van der Waals surface area contributed by atoms with Crippen LogP contribution in [0.1, 0.15) is 43.9 Å². The maximum absolute atomic E-state index is 13.7. The summed E-state index contributed by atoms with van der Waals surface area (Å²) in [6.45, 7) is 6.13. The summed E-state index contributed by atoms with van der Waals surface area (Å²) in [5.41, 5.74) is 11.9. The molecule has 7 heteroatoms. The number of aromatic amines is 1. The number of carbonyl (C=O) groups is 1. The van der Waals surface area contributed by atoms with Crippen LogP contribution in [0.2, 0.25) is 0 Å². The van der Waals surface area contributed by atoms with Crippen molar-refractivity contribution in [2.24, 2.45) is 11.1 Å². The summed E-state index contributed by atoms with van der Waals surface area (Å²) >= 11 is 0. The number of hydrogen-bond donors (Lipinski definition) is 2. The van der Waals surface area contributed by atoms with Gasteiger partial charge in [0.05, 0.1) is 24.7 Å². The smallest absolute Gasteiger partial charge is 0.168 e. The molecule has 1 aliphatic carbocycles. The highest BCUT2D eigenvalue weighted by Crippen LogP contribution is 2.51. The number of nitrogens with two attached hydrogens (primary N) is 1. The molecule has 0 bridgehead atoms. The minimum atomic E-state index is -0.545. The predicted molar refractivity (Wildman–Crippen MR) is 139 cm³/mol. The molecule has 0 spiro atoms. The number of H-pyrrole nitrogens is 1. The number of aromatic nitrogens is 2. The molecular formula is C29H29N5O2. The normalized spacial score (nSPS) is 19.2. The van der Waals surface area contributed by atoms with E-state index in [1.807, 2.05) is 66.4 Å². The van der Waals surface area contributed by atoms with Crippen molar-refractivity contribution in [3.05, 3.63) is 88.5 Å². The Morgan fingerprint density at radius 2 is 1.83 bits per heavy atom. The molecule has 0 fully saturated rings. The van der Waals surface area contributed by atoms with Gasteiger partial charge in [0.15, 0.2) is 11.6 Å². The van der Waals surface area contributed by atoms with E-state index in [0.717, 1.165) is 28.1 Å². The van der Waals surface area contributed by atoms with E-state index in [2.05, 4.69) is 30.1 Å². The fourth-order valence-electron chi connectivity index (χ4n) is 5.41. The van der Waals surface area contributed by atoms with Crippen LogP contribution in [-0.4, -0.2) is 23.1 Å². The molecule has 1 aliphatic heterocycles. The van der Waals surface area contributed by atoms with Crippen LogP contribution in [0.4, 0.5) is 5.82 Å². The standard InChI is InChI=1S/C29H29N5O2/c1-17-24(18-8-6-5-7-9-18)28(33-32-17)34-22-14-29(2,3)15-23(35)26(22)25(21(16-30)27(34)31)19-10-12-20(36-4)13-11-19/h5-13,25H,14-15,31H2,1-4H3,(H,32,33)/t25-/m1/s1. The second-order valence-electron chi connectivity index (χ2n) is 10.2. The van der Waals surface area contributed by atoms with Crippen molar-refractivity contribution in [1.82, 2.24) is 10.2 Å². The summed E-state index contributed by atoms with van der Waals surface area (Å²) in [4.78, 5) is 15.6. The van der Waals surface area contributed by atoms with Gasteiger partial charge in [0, 0.05) is 28.9 Å². The maximum atomic E-state index is 13.7. The number of rotatable bonds is 4. The Labute approximate surface area is 210 Å². The summed E-state index contributed by atoms with van der Waals surface area (Å²) in [5, 5.41) is 18.1. The molecule has 0 unspecified atom stereocenters. The largest absolute Gasteiger partial charge is 0.497 e. The zero-order valence-electron chi connectivity index (χ0n) is 20.9. The van der Waals surface area contributed by atoms with Gasteiger partial charge in [-0.25, -0.2) is 0 Å². The van der Waals surface area contributed by atoms with Crippen molar-refractivity contribution >= 4 is 11.6 Å². The van der Waals surface area contributed by atoms with Gasteiger partial charge in [-0.2, -0.15) is 10.4 Å². The molecule has 182 valence electrons. The fourth-order valence-corrected chi connectivity index (χ4v) is 5.41. The molecule has 0 radical (unpaired) electrons. The van der Waals surface area contributed by atoms with Gasteiger partial charge in [0.2, 0.25) is 0 Å². The van der Waals surface area contributed by atoms with Gasteiger partial charge in [-0.1, -0.05) is 56.3 Å². The lowest BCUT2D eigenvalue weighted by Gasteiger charge is -2.43. The third-order valence-electron chi connectivity index (χ3n) is 7.03. The highest BCUT2D eigenvalue weighted by Gasteiger charge is 2.45. The average molecular weight is 480 g/mol. The van der Waals surface area contributed by atoms with Gasteiger partial charge in [-0.05, 0) is 42.0 Å². The van der Waals surface area contributed by atoms with Crippen molar-refractivity contribution in [3.63, 3.8) is 0 Å². The fraction of sp³-hybridized carbons (Fsp3) is 0.276. The van der Waals surface area contributed by atoms with Crippen molar-refractivity contribution in [2.75, 3.05) is 12.0 Å². The first-order valence-electron chi connectivity index (χ1n) is 12.0. The number of nitrogens with zero attached hydrogens (tertiary/aromatic N) is 3. The highest BCUT2D eigenvalue weighted by atomic mass is 16.5. The van der Waals surface area contributed by atoms with Crippen LogP contribution in [-0.2, 0) is 4.79 Å². The third kappa shape index (κ3) is 3.75. The number of aryl methyl sites for hydroxylation is 1. The molecule has 2 aromatic carbocycles. The minimum absolute atomic E-state index is 0.0286. The quantitative estimate of drug-likeness (QED) is 0.523. The Bertz CT molecular complexity index is 1440. The second-order valence-corrected chi connectivity index (χ2v) is 10.2. The van der Waals surface area contributed by atoms with E-state index in [1.165, 1.54) is 0 Å². The van der Waals surface area contributed by atoms with E-state index in [-0.39, 0.29) is 11.2 Å². The van der Waals surface area contributed by atoms with Crippen molar-refractivity contribution in [1.29, 1.82) is 5.26 Å². The molecular weight excluding hydrogens is 450 g/mol. The first kappa shape index (κ1) is 23.4. The number of methoxy groups -OCH3 is 1. The molecule has 3 aromatic rings. The second kappa shape index (κ2) is 8.72. The molecule has 0 saturated heterocycles. The Morgan fingerprint density at radius 3 is 2.47 bits per heavy atom. The lowest BCUT2D eigenvalue weighted by atomic mass is 9.68. The zero-order valence-corrected chi connectivity index (χ0v) is 20.9. The number of nitriles is 1. The molecule has 36 heavy (non-hydrogen) atoms. The molecule has 5 rings (SSSR count). The van der Waals surface area contributed by atoms with E-state index in [1.54, 1.807) is 7.11 Å². The first-order chi connectivity index (χ1) is 17.3. The SMILES string of the molecule is COc1ccc([C@@H]2C(C#N)=C(N)N(c3n[nH]c(C)c3-c3ccccc3)C3=C2C(=O)CC(C)(C)C3)cc1. The van der Waals surface area contributed by atoms with Crippen LogP contribution in [0.15, 0.2) is 77.3 Å². The Hall–Kier alpha value is -4.31. The number of nitrogens with one attached hydrogen (secondary N) is 1. The molecule has 7 nitrogen and oxygen atoms in total. The maximum Gasteiger partial charge on any atom is 0.168 e. The summed E-state index contributed by atoms with van der Waals surface area (Å²) in [7, 11) is 1.61. The number of ketones is 1. The Morgan fingerprint density at radius 1 is 1.14 bits per heavy atom. The van der Waals surface area contributed by atoms with Crippen molar-refractivity contribution in [2.45, 2.75) is 39.5 Å². The van der Waals surface area contributed by atoms with Gasteiger partial charge in [-0.15, -0.1) is 0 Å². The summed E-state index contributed by atoms with van der Waals surface area (Å²) in [6.07, 6.45) is 1.02. The summed E-state index contributed by atoms with van der Waals surface area (Å²) in [6, 6.07) is 19.7. The van der Waals surface area contributed by atoms with Crippen molar-refractivity contribution in [3.8, 4) is 22.9 Å². The van der Waals surface area contributed by atoms with Crippen LogP contribution >= 0.6 is 0 Å². The van der Waals surface area contributed by atoms with Crippen molar-refractivity contribution < 1.29 is 9.53 Å². The number of benzene rings is 2. The van der Waals surface area contributed by atoms with Gasteiger partial charge in [0.25, 0.3) is 0 Å². The number of allylic oxidation sites excluding steroid dienone is 3. The van der Waals surface area contributed by atoms with Crippen LogP contribution in [0.25, 0.3) is 11.1 Å². The van der Waals surface area contributed by atoms with E-state index < -0.39 is 5.92 Å². The lowest BCUT2D eigenvalue weighted by molar-refractivity contribution is -0.118. The Balaban J connectivity index is 1.77. The number of carbonyl (C=O) groups excluding carboxylic acids is 1. The van der Waals surface area contributed by atoms with E-state index in [4.69, 9.17) is 10.5 Å². The third-order valence-corrected chi connectivity index (χ3v) is 7.03. The molecule has 2 heterocycles. The number of anilines is 1. The van der Waals surface area contributed by atoms with Gasteiger partial charge in [-0.3, -0.25) is 14.8 Å². The first-order valence-corrected chi connectivity index (χ1v) is 12.0. The predicted octanol–water partition coefficient (Wildman–Crippen LogP) is 5.33. The van der Waals surface area contributed by atoms with Crippen LogP contribution < -0.4 is 15.4 Å². The number of Topliss-reactive ketones (excluding diaryl/α,β-unsaturated/α-hetero) is 1. The van der Waals surface area contributed by atoms with E-state index in [0.29, 0.717) is 41.4 Å². The van der Waals surface area contributed by atoms with Crippen LogP contribution in [0.3, 0.4) is 0 Å². The molecule has 2 aliphatic rings. The van der Waals surface area contributed by atoms with E-state index in [9.17, 15) is 10.1 Å². The van der Waals surface area contributed by atoms with Crippen LogP contribution in [0.5, 0.6) is 5.75 Å². The molecule has 3 N–H and O–H groups in total. The lowest BCUT2D eigenvalue weighted by Crippen LogP contribution is -2.42. The average Bonchev–Trinajstić information content (AvgIpc) is 3.24. The molecule has 1 aromatic heterocycles.